The van der Waals surface area contributed by atoms with E-state index in [0.717, 1.165) is 11.3 Å². The molecule has 0 radical (unpaired) electrons. The van der Waals surface area contributed by atoms with Crippen molar-refractivity contribution in [3.05, 3.63) is 92.4 Å². The molecule has 0 unspecified atom stereocenters. The van der Waals surface area contributed by atoms with Gasteiger partial charge in [-0.15, -0.1) is 0 Å². The number of hydrogen-bond acceptors (Lipinski definition) is 3. The van der Waals surface area contributed by atoms with Crippen LogP contribution in [0.2, 0.25) is 15.1 Å². The Balaban J connectivity index is 1.72. The van der Waals surface area contributed by atoms with Gasteiger partial charge in [0.15, 0.2) is 0 Å². The molecule has 0 atom stereocenters. The van der Waals surface area contributed by atoms with Crippen LogP contribution in [0.25, 0.3) is 0 Å². The highest BCUT2D eigenvalue weighted by Gasteiger charge is 2.10. The summed E-state index contributed by atoms with van der Waals surface area (Å²) < 4.78 is 5.93. The van der Waals surface area contributed by atoms with Gasteiger partial charge in [-0.25, -0.2) is 4.79 Å². The fraction of sp³-hybridized carbons (Fsp3) is 0.0952. The van der Waals surface area contributed by atoms with E-state index >= 15 is 0 Å². The first-order valence-electron chi connectivity index (χ1n) is 8.35. The Morgan fingerprint density at radius 1 is 0.964 bits per heavy atom. The maximum Gasteiger partial charge on any atom is 0.335 e. The molecule has 3 aromatic carbocycles. The first-order chi connectivity index (χ1) is 13.4. The third-order valence-corrected chi connectivity index (χ3v) is 5.01. The van der Waals surface area contributed by atoms with Crippen LogP contribution in [0.4, 0.5) is 5.69 Å². The Kier molecular flexibility index (Phi) is 6.68. The van der Waals surface area contributed by atoms with E-state index in [1.807, 2.05) is 6.07 Å². The van der Waals surface area contributed by atoms with Crippen molar-refractivity contribution in [1.29, 1.82) is 0 Å². The number of nitrogens with one attached hydrogen (secondary N) is 1. The molecule has 0 aromatic heterocycles. The molecule has 4 nitrogen and oxygen atoms in total. The lowest BCUT2D eigenvalue weighted by atomic mass is 10.1. The van der Waals surface area contributed by atoms with Crippen molar-refractivity contribution in [1.82, 2.24) is 0 Å². The number of benzene rings is 3. The van der Waals surface area contributed by atoms with Crippen LogP contribution in [0, 0.1) is 0 Å². The molecule has 7 heteroatoms. The van der Waals surface area contributed by atoms with Crippen molar-refractivity contribution in [3.63, 3.8) is 0 Å². The van der Waals surface area contributed by atoms with Crippen LogP contribution < -0.4 is 10.1 Å². The topological polar surface area (TPSA) is 58.6 Å². The predicted molar refractivity (Wildman–Crippen MR) is 113 cm³/mol. The van der Waals surface area contributed by atoms with E-state index < -0.39 is 5.97 Å². The number of ether oxygens (including phenoxy) is 1. The second kappa shape index (κ2) is 9.20. The number of carboxylic acids is 1. The summed E-state index contributed by atoms with van der Waals surface area (Å²) in [7, 11) is 0. The van der Waals surface area contributed by atoms with Crippen LogP contribution in [-0.2, 0) is 13.2 Å². The Hall–Kier alpha value is -2.40. The molecular formula is C21H16Cl3NO3. The zero-order chi connectivity index (χ0) is 20.1. The number of carbonyl (C=O) groups is 1. The van der Waals surface area contributed by atoms with Gasteiger partial charge < -0.3 is 15.2 Å². The van der Waals surface area contributed by atoms with Gasteiger partial charge in [-0.2, -0.15) is 0 Å². The maximum atomic E-state index is 10.9. The number of aromatic carboxylic acids is 1. The number of carboxylic acid groups (broad SMARTS) is 1. The smallest absolute Gasteiger partial charge is 0.335 e. The van der Waals surface area contributed by atoms with Crippen LogP contribution in [-0.4, -0.2) is 11.1 Å². The summed E-state index contributed by atoms with van der Waals surface area (Å²) in [6.07, 6.45) is 0. The van der Waals surface area contributed by atoms with Gasteiger partial charge in [0.1, 0.15) is 12.4 Å². The van der Waals surface area contributed by atoms with E-state index in [-0.39, 0.29) is 12.2 Å². The first-order valence-corrected chi connectivity index (χ1v) is 9.49. The fourth-order valence-electron chi connectivity index (χ4n) is 2.58. The minimum absolute atomic E-state index is 0.223. The van der Waals surface area contributed by atoms with E-state index in [4.69, 9.17) is 44.6 Å². The second-order valence-corrected chi connectivity index (χ2v) is 7.23. The third-order valence-electron chi connectivity index (χ3n) is 4.07. The minimum atomic E-state index is -0.963. The van der Waals surface area contributed by atoms with Gasteiger partial charge in [0.2, 0.25) is 0 Å². The quantitative estimate of drug-likeness (QED) is 0.442. The molecule has 0 saturated heterocycles. The summed E-state index contributed by atoms with van der Waals surface area (Å²) in [6, 6.07) is 17.1. The van der Waals surface area contributed by atoms with Crippen molar-refractivity contribution in [2.24, 2.45) is 0 Å². The van der Waals surface area contributed by atoms with E-state index in [1.54, 1.807) is 54.6 Å². The van der Waals surface area contributed by atoms with Gasteiger partial charge in [0, 0.05) is 38.4 Å². The molecule has 0 amide bonds. The van der Waals surface area contributed by atoms with Gasteiger partial charge in [-0.05, 0) is 54.6 Å². The number of hydrogen-bond donors (Lipinski definition) is 2. The van der Waals surface area contributed by atoms with Gasteiger partial charge in [-0.1, -0.05) is 40.9 Å². The van der Waals surface area contributed by atoms with Gasteiger partial charge >= 0.3 is 5.97 Å². The van der Waals surface area contributed by atoms with Crippen molar-refractivity contribution in [2.75, 3.05) is 5.32 Å². The van der Waals surface area contributed by atoms with E-state index in [1.165, 1.54) is 0 Å². The number of rotatable bonds is 7. The summed E-state index contributed by atoms with van der Waals surface area (Å²) in [4.78, 5) is 10.9. The van der Waals surface area contributed by atoms with Crippen molar-refractivity contribution in [2.45, 2.75) is 13.2 Å². The van der Waals surface area contributed by atoms with Gasteiger partial charge in [0.25, 0.3) is 0 Å². The molecule has 3 rings (SSSR count). The fourth-order valence-corrected chi connectivity index (χ4v) is 3.28. The van der Waals surface area contributed by atoms with Crippen LogP contribution in [0.1, 0.15) is 21.5 Å². The Labute approximate surface area is 177 Å². The average Bonchev–Trinajstić information content (AvgIpc) is 2.67. The van der Waals surface area contributed by atoms with Crippen LogP contribution in [0.15, 0.2) is 60.7 Å². The van der Waals surface area contributed by atoms with Crippen LogP contribution >= 0.6 is 34.8 Å². The summed E-state index contributed by atoms with van der Waals surface area (Å²) >= 11 is 18.5. The lowest BCUT2D eigenvalue weighted by Gasteiger charge is -2.15. The lowest BCUT2D eigenvalue weighted by molar-refractivity contribution is 0.0697. The molecule has 0 spiro atoms. The first kappa shape index (κ1) is 20.3. The highest BCUT2D eigenvalue weighted by Crippen LogP contribution is 2.29. The summed E-state index contributed by atoms with van der Waals surface area (Å²) in [6.45, 7) is 0.666. The molecule has 28 heavy (non-hydrogen) atoms. The SMILES string of the molecule is O=C(O)c1ccc(NCc2cc(Cl)ccc2OCc2c(Cl)cccc2Cl)cc1. The second-order valence-electron chi connectivity index (χ2n) is 5.98. The Morgan fingerprint density at radius 2 is 1.64 bits per heavy atom. The normalized spacial score (nSPS) is 10.5. The summed E-state index contributed by atoms with van der Waals surface area (Å²) in [5, 5.41) is 13.9. The Bertz CT molecular complexity index is 970. The standard InChI is InChI=1S/C21H16Cl3NO3/c22-15-6-9-20(28-12-17-18(23)2-1-3-19(17)24)14(10-15)11-25-16-7-4-13(5-8-16)21(26)27/h1-10,25H,11-12H2,(H,26,27). The zero-order valence-electron chi connectivity index (χ0n) is 14.6. The van der Waals surface area contributed by atoms with Gasteiger partial charge in [-0.3, -0.25) is 0 Å². The minimum Gasteiger partial charge on any atom is -0.488 e. The molecule has 0 aliphatic heterocycles. The summed E-state index contributed by atoms with van der Waals surface area (Å²) in [5.41, 5.74) is 2.57. The maximum absolute atomic E-state index is 10.9. The Morgan fingerprint density at radius 3 is 2.29 bits per heavy atom. The highest BCUT2D eigenvalue weighted by molar-refractivity contribution is 6.36. The molecule has 3 aromatic rings. The predicted octanol–water partition coefficient (Wildman–Crippen LogP) is 6.54. The molecular weight excluding hydrogens is 421 g/mol. The van der Waals surface area contributed by atoms with Gasteiger partial charge in [0.05, 0.1) is 5.56 Å². The largest absolute Gasteiger partial charge is 0.488 e. The monoisotopic (exact) mass is 435 g/mol. The van der Waals surface area contributed by atoms with Crippen LogP contribution in [0.5, 0.6) is 5.75 Å². The average molecular weight is 437 g/mol. The number of anilines is 1. The molecule has 0 bridgehead atoms. The molecule has 0 heterocycles. The van der Waals surface area contributed by atoms with Crippen molar-refractivity contribution < 1.29 is 14.6 Å². The molecule has 0 aliphatic rings. The molecule has 0 aliphatic carbocycles. The van der Waals surface area contributed by atoms with Crippen LogP contribution in [0.3, 0.4) is 0 Å². The molecule has 144 valence electrons. The van der Waals surface area contributed by atoms with E-state index in [0.29, 0.717) is 32.9 Å². The van der Waals surface area contributed by atoms with E-state index in [2.05, 4.69) is 5.32 Å². The zero-order valence-corrected chi connectivity index (χ0v) is 16.9. The molecule has 2 N–H and O–H groups in total. The third kappa shape index (κ3) is 5.10. The molecule has 0 fully saturated rings. The van der Waals surface area contributed by atoms with E-state index in [9.17, 15) is 4.79 Å². The molecule has 0 saturated carbocycles. The summed E-state index contributed by atoms with van der Waals surface area (Å²) in [5.74, 6) is -0.314. The highest BCUT2D eigenvalue weighted by atomic mass is 35.5. The lowest BCUT2D eigenvalue weighted by Crippen LogP contribution is -2.05. The van der Waals surface area contributed by atoms with Crippen molar-refractivity contribution in [3.8, 4) is 5.75 Å². The van der Waals surface area contributed by atoms with Crippen molar-refractivity contribution >= 4 is 46.5 Å². The number of halogens is 3.